The van der Waals surface area contributed by atoms with Gasteiger partial charge in [-0.3, -0.25) is 4.79 Å². The molecule has 3 nitrogen and oxygen atoms in total. The van der Waals surface area contributed by atoms with E-state index in [1.165, 1.54) is 11.3 Å². The summed E-state index contributed by atoms with van der Waals surface area (Å²) < 4.78 is 5.41. The average Bonchev–Trinajstić information content (AvgIpc) is 2.39. The minimum atomic E-state index is 0.0278. The van der Waals surface area contributed by atoms with Crippen LogP contribution >= 0.6 is 0 Å². The third-order valence-corrected chi connectivity index (χ3v) is 3.49. The molecule has 1 atom stereocenters. The van der Waals surface area contributed by atoms with Gasteiger partial charge in [-0.05, 0) is 26.0 Å². The molecule has 2 rings (SSSR count). The Kier molecular flexibility index (Phi) is 4.37. The standard InChI is InChI=1S/C15H21NO2/c1-3-16(14-6-4-12(2)5-7-14)10-13-11-18-9-8-15(13)17/h4-7,13H,3,8-11H2,1-2H3. The van der Waals surface area contributed by atoms with Gasteiger partial charge in [0.05, 0.1) is 19.1 Å². The number of hydrogen-bond donors (Lipinski definition) is 0. The summed E-state index contributed by atoms with van der Waals surface area (Å²) in [6.07, 6.45) is 0.566. The first-order chi connectivity index (χ1) is 8.70. The predicted octanol–water partition coefficient (Wildman–Crippen LogP) is 2.43. The van der Waals surface area contributed by atoms with E-state index in [9.17, 15) is 4.79 Å². The quantitative estimate of drug-likeness (QED) is 0.818. The van der Waals surface area contributed by atoms with Crippen molar-refractivity contribution in [3.63, 3.8) is 0 Å². The highest BCUT2D eigenvalue weighted by Crippen LogP contribution is 2.19. The number of aryl methyl sites for hydroxylation is 1. The van der Waals surface area contributed by atoms with Gasteiger partial charge < -0.3 is 9.64 Å². The van der Waals surface area contributed by atoms with E-state index in [0.717, 1.165) is 13.1 Å². The van der Waals surface area contributed by atoms with Crippen LogP contribution in [0.3, 0.4) is 0 Å². The highest BCUT2D eigenvalue weighted by Gasteiger charge is 2.24. The van der Waals surface area contributed by atoms with Crippen molar-refractivity contribution in [2.24, 2.45) is 5.92 Å². The fourth-order valence-electron chi connectivity index (χ4n) is 2.29. The van der Waals surface area contributed by atoms with Crippen molar-refractivity contribution in [1.29, 1.82) is 0 Å². The lowest BCUT2D eigenvalue weighted by molar-refractivity contribution is -0.129. The molecular weight excluding hydrogens is 226 g/mol. The fraction of sp³-hybridized carbons (Fsp3) is 0.533. The number of carbonyl (C=O) groups excluding carboxylic acids is 1. The number of benzene rings is 1. The lowest BCUT2D eigenvalue weighted by atomic mass is 9.99. The van der Waals surface area contributed by atoms with Crippen LogP contribution in [0, 0.1) is 12.8 Å². The Morgan fingerprint density at radius 3 is 2.67 bits per heavy atom. The van der Waals surface area contributed by atoms with Gasteiger partial charge in [-0.1, -0.05) is 17.7 Å². The number of rotatable bonds is 4. The summed E-state index contributed by atoms with van der Waals surface area (Å²) in [6.45, 7) is 7.03. The maximum absolute atomic E-state index is 11.8. The van der Waals surface area contributed by atoms with Crippen LogP contribution in [-0.4, -0.2) is 32.1 Å². The van der Waals surface area contributed by atoms with E-state index in [1.54, 1.807) is 0 Å². The van der Waals surface area contributed by atoms with Crippen molar-refractivity contribution in [2.45, 2.75) is 20.3 Å². The Labute approximate surface area is 109 Å². The highest BCUT2D eigenvalue weighted by molar-refractivity contribution is 5.82. The van der Waals surface area contributed by atoms with Crippen LogP contribution in [0.15, 0.2) is 24.3 Å². The molecule has 0 radical (unpaired) electrons. The molecule has 18 heavy (non-hydrogen) atoms. The Hall–Kier alpha value is -1.35. The summed E-state index contributed by atoms with van der Waals surface area (Å²) in [5.74, 6) is 0.367. The van der Waals surface area contributed by atoms with Crippen molar-refractivity contribution in [1.82, 2.24) is 0 Å². The number of anilines is 1. The van der Waals surface area contributed by atoms with E-state index in [2.05, 4.69) is 43.0 Å². The maximum atomic E-state index is 11.8. The summed E-state index contributed by atoms with van der Waals surface area (Å²) in [5.41, 5.74) is 2.44. The largest absolute Gasteiger partial charge is 0.380 e. The molecule has 0 saturated carbocycles. The monoisotopic (exact) mass is 247 g/mol. The molecule has 1 aliphatic heterocycles. The Morgan fingerprint density at radius 2 is 2.06 bits per heavy atom. The van der Waals surface area contributed by atoms with Crippen LogP contribution in [0.5, 0.6) is 0 Å². The molecule has 0 aliphatic carbocycles. The number of carbonyl (C=O) groups is 1. The first-order valence-corrected chi connectivity index (χ1v) is 6.62. The molecule has 0 amide bonds. The fourth-order valence-corrected chi connectivity index (χ4v) is 2.29. The van der Waals surface area contributed by atoms with Crippen LogP contribution in [0.2, 0.25) is 0 Å². The zero-order chi connectivity index (χ0) is 13.0. The van der Waals surface area contributed by atoms with Crippen LogP contribution < -0.4 is 4.90 Å². The molecule has 1 aromatic carbocycles. The average molecular weight is 247 g/mol. The third kappa shape index (κ3) is 3.10. The lowest BCUT2D eigenvalue weighted by Crippen LogP contribution is -2.38. The zero-order valence-corrected chi connectivity index (χ0v) is 11.2. The predicted molar refractivity (Wildman–Crippen MR) is 73.0 cm³/mol. The van der Waals surface area contributed by atoms with Gasteiger partial charge in [0.2, 0.25) is 0 Å². The molecule has 0 N–H and O–H groups in total. The molecule has 1 aliphatic rings. The molecule has 1 fully saturated rings. The van der Waals surface area contributed by atoms with Crippen LogP contribution in [0.25, 0.3) is 0 Å². The Balaban J connectivity index is 2.04. The SMILES string of the molecule is CCN(CC1COCCC1=O)c1ccc(C)cc1. The Morgan fingerprint density at radius 1 is 1.33 bits per heavy atom. The molecule has 0 aromatic heterocycles. The second-order valence-corrected chi connectivity index (χ2v) is 4.86. The second kappa shape index (κ2) is 6.01. The van der Waals surface area contributed by atoms with Gasteiger partial charge >= 0.3 is 0 Å². The molecule has 1 saturated heterocycles. The molecule has 1 heterocycles. The van der Waals surface area contributed by atoms with Crippen molar-refractivity contribution in [3.8, 4) is 0 Å². The summed E-state index contributed by atoms with van der Waals surface area (Å²) in [4.78, 5) is 14.1. The molecule has 1 unspecified atom stereocenters. The maximum Gasteiger partial charge on any atom is 0.142 e. The lowest BCUT2D eigenvalue weighted by Gasteiger charge is -2.29. The minimum absolute atomic E-state index is 0.0278. The Bertz CT molecular complexity index is 399. The number of ether oxygens (including phenoxy) is 1. The van der Waals surface area contributed by atoms with Crippen molar-refractivity contribution >= 4 is 11.5 Å². The highest BCUT2D eigenvalue weighted by atomic mass is 16.5. The summed E-state index contributed by atoms with van der Waals surface area (Å²) in [6, 6.07) is 8.45. The van der Waals surface area contributed by atoms with Gasteiger partial charge in [0.25, 0.3) is 0 Å². The molecule has 0 spiro atoms. The summed E-state index contributed by atoms with van der Waals surface area (Å²) in [7, 11) is 0. The van der Waals surface area contributed by atoms with E-state index < -0.39 is 0 Å². The van der Waals surface area contributed by atoms with Gasteiger partial charge in [-0.25, -0.2) is 0 Å². The molecular formula is C15H21NO2. The van der Waals surface area contributed by atoms with Gasteiger partial charge in [0.1, 0.15) is 5.78 Å². The molecule has 98 valence electrons. The zero-order valence-electron chi connectivity index (χ0n) is 11.2. The normalized spacial score (nSPS) is 19.9. The van der Waals surface area contributed by atoms with E-state index in [1.807, 2.05) is 0 Å². The summed E-state index contributed by atoms with van der Waals surface area (Å²) in [5, 5.41) is 0. The topological polar surface area (TPSA) is 29.5 Å². The number of Topliss-reactive ketones (excluding diaryl/α,β-unsaturated/α-hetero) is 1. The van der Waals surface area contributed by atoms with Gasteiger partial charge in [0.15, 0.2) is 0 Å². The third-order valence-electron chi connectivity index (χ3n) is 3.49. The van der Waals surface area contributed by atoms with Crippen molar-refractivity contribution in [2.75, 3.05) is 31.2 Å². The van der Waals surface area contributed by atoms with Crippen LogP contribution in [-0.2, 0) is 9.53 Å². The van der Waals surface area contributed by atoms with E-state index >= 15 is 0 Å². The van der Waals surface area contributed by atoms with Gasteiger partial charge in [-0.15, -0.1) is 0 Å². The first kappa shape index (κ1) is 13.1. The minimum Gasteiger partial charge on any atom is -0.380 e. The molecule has 3 heteroatoms. The number of ketones is 1. The summed E-state index contributed by atoms with van der Waals surface area (Å²) >= 11 is 0. The van der Waals surface area contributed by atoms with Crippen molar-refractivity contribution in [3.05, 3.63) is 29.8 Å². The van der Waals surface area contributed by atoms with E-state index in [-0.39, 0.29) is 5.92 Å². The smallest absolute Gasteiger partial charge is 0.142 e. The molecule has 0 bridgehead atoms. The van der Waals surface area contributed by atoms with Gasteiger partial charge in [0, 0.05) is 25.2 Å². The first-order valence-electron chi connectivity index (χ1n) is 6.62. The molecule has 1 aromatic rings. The van der Waals surface area contributed by atoms with Crippen molar-refractivity contribution < 1.29 is 9.53 Å². The van der Waals surface area contributed by atoms with Crippen LogP contribution in [0.1, 0.15) is 18.9 Å². The van der Waals surface area contributed by atoms with Gasteiger partial charge in [-0.2, -0.15) is 0 Å². The number of nitrogens with zero attached hydrogens (tertiary/aromatic N) is 1. The van der Waals surface area contributed by atoms with E-state index in [4.69, 9.17) is 4.74 Å². The second-order valence-electron chi connectivity index (χ2n) is 4.86. The number of hydrogen-bond acceptors (Lipinski definition) is 3. The van der Waals surface area contributed by atoms with E-state index in [0.29, 0.717) is 25.4 Å². The van der Waals surface area contributed by atoms with Crippen LogP contribution in [0.4, 0.5) is 5.69 Å².